The van der Waals surface area contributed by atoms with Crippen molar-refractivity contribution in [1.29, 1.82) is 0 Å². The third-order valence-corrected chi connectivity index (χ3v) is 3.41. The van der Waals surface area contributed by atoms with Gasteiger partial charge in [0.15, 0.2) is 11.5 Å². The largest absolute Gasteiger partial charge is 0.490 e. The van der Waals surface area contributed by atoms with Gasteiger partial charge in [0, 0.05) is 19.7 Å². The zero-order chi connectivity index (χ0) is 17.4. The quantitative estimate of drug-likeness (QED) is 0.306. The van der Waals surface area contributed by atoms with Crippen LogP contribution in [-0.2, 0) is 24.6 Å². The Hall–Kier alpha value is -2.31. The Morgan fingerprint density at radius 2 is 2.17 bits per heavy atom. The number of hydrogen-bond acceptors (Lipinski definition) is 5. The SMILES string of the molecule is [B]Cc1ccc(OC(=O)CCC)c(OCCCc2cn(C)nn2)c1. The first-order valence-corrected chi connectivity index (χ1v) is 8.14. The van der Waals surface area contributed by atoms with E-state index in [1.54, 1.807) is 10.7 Å². The van der Waals surface area contributed by atoms with E-state index in [4.69, 9.17) is 17.3 Å². The van der Waals surface area contributed by atoms with E-state index in [2.05, 4.69) is 10.3 Å². The van der Waals surface area contributed by atoms with Gasteiger partial charge in [-0.1, -0.05) is 30.1 Å². The van der Waals surface area contributed by atoms with Gasteiger partial charge in [0.05, 0.1) is 20.1 Å². The van der Waals surface area contributed by atoms with E-state index >= 15 is 0 Å². The number of carbonyl (C=O) groups is 1. The van der Waals surface area contributed by atoms with Crippen LogP contribution in [-0.4, -0.2) is 35.4 Å². The summed E-state index contributed by atoms with van der Waals surface area (Å²) in [5.41, 5.74) is 1.85. The lowest BCUT2D eigenvalue weighted by Crippen LogP contribution is -2.09. The van der Waals surface area contributed by atoms with Crippen molar-refractivity contribution >= 4 is 13.8 Å². The molecule has 0 saturated carbocycles. The van der Waals surface area contributed by atoms with E-state index in [0.29, 0.717) is 30.8 Å². The molecule has 0 fully saturated rings. The van der Waals surface area contributed by atoms with Gasteiger partial charge in [-0.15, -0.1) is 5.10 Å². The van der Waals surface area contributed by atoms with Gasteiger partial charge in [-0.3, -0.25) is 9.48 Å². The number of nitrogens with zero attached hydrogens (tertiary/aromatic N) is 3. The molecule has 0 aliphatic rings. The van der Waals surface area contributed by atoms with Crippen molar-refractivity contribution in [2.45, 2.75) is 38.9 Å². The fourth-order valence-electron chi connectivity index (χ4n) is 2.20. The zero-order valence-corrected chi connectivity index (χ0v) is 14.2. The van der Waals surface area contributed by atoms with Crippen LogP contribution in [0, 0.1) is 0 Å². The Kier molecular flexibility index (Phi) is 6.84. The van der Waals surface area contributed by atoms with Crippen LogP contribution in [0.3, 0.4) is 0 Å². The Labute approximate surface area is 143 Å². The summed E-state index contributed by atoms with van der Waals surface area (Å²) >= 11 is 0. The summed E-state index contributed by atoms with van der Waals surface area (Å²) in [4.78, 5) is 11.7. The lowest BCUT2D eigenvalue weighted by molar-refractivity contribution is -0.134. The zero-order valence-electron chi connectivity index (χ0n) is 14.2. The first kappa shape index (κ1) is 18.0. The van der Waals surface area contributed by atoms with Crippen LogP contribution >= 0.6 is 0 Å². The van der Waals surface area contributed by atoms with Crippen molar-refractivity contribution in [3.8, 4) is 11.5 Å². The molecular weight excluding hydrogens is 305 g/mol. The molecule has 0 bridgehead atoms. The Bertz CT molecular complexity index is 673. The highest BCUT2D eigenvalue weighted by Crippen LogP contribution is 2.29. The van der Waals surface area contributed by atoms with E-state index in [-0.39, 0.29) is 5.97 Å². The highest BCUT2D eigenvalue weighted by Gasteiger charge is 2.11. The summed E-state index contributed by atoms with van der Waals surface area (Å²) in [5.74, 6) is 0.717. The van der Waals surface area contributed by atoms with Crippen LogP contribution in [0.5, 0.6) is 11.5 Å². The molecule has 7 heteroatoms. The molecular formula is C17H22BN3O3. The summed E-state index contributed by atoms with van der Waals surface area (Å²) in [6.07, 6.45) is 4.97. The average molecular weight is 327 g/mol. The monoisotopic (exact) mass is 327 g/mol. The predicted octanol–water partition coefficient (Wildman–Crippen LogP) is 2.20. The van der Waals surface area contributed by atoms with Crippen LogP contribution in [0.4, 0.5) is 0 Å². The van der Waals surface area contributed by atoms with Gasteiger partial charge >= 0.3 is 5.97 Å². The van der Waals surface area contributed by atoms with Gasteiger partial charge in [-0.05, 0) is 31.4 Å². The van der Waals surface area contributed by atoms with E-state index in [0.717, 1.165) is 30.5 Å². The molecule has 1 aromatic heterocycles. The van der Waals surface area contributed by atoms with Gasteiger partial charge in [0.25, 0.3) is 0 Å². The third-order valence-electron chi connectivity index (χ3n) is 3.41. The van der Waals surface area contributed by atoms with Crippen molar-refractivity contribution in [1.82, 2.24) is 15.0 Å². The molecule has 126 valence electrons. The van der Waals surface area contributed by atoms with E-state index in [1.165, 1.54) is 0 Å². The number of esters is 1. The second-order valence-corrected chi connectivity index (χ2v) is 5.54. The molecule has 6 nitrogen and oxygen atoms in total. The summed E-state index contributed by atoms with van der Waals surface area (Å²) in [6, 6.07) is 5.38. The Balaban J connectivity index is 1.94. The summed E-state index contributed by atoms with van der Waals surface area (Å²) in [7, 11) is 7.51. The molecule has 1 aromatic carbocycles. The van der Waals surface area contributed by atoms with E-state index < -0.39 is 0 Å². The normalized spacial score (nSPS) is 10.6. The molecule has 24 heavy (non-hydrogen) atoms. The smallest absolute Gasteiger partial charge is 0.311 e. The van der Waals surface area contributed by atoms with Crippen LogP contribution in [0.2, 0.25) is 0 Å². The van der Waals surface area contributed by atoms with Crippen molar-refractivity contribution in [3.05, 3.63) is 35.7 Å². The maximum Gasteiger partial charge on any atom is 0.311 e. The number of aromatic nitrogens is 3. The first-order chi connectivity index (χ1) is 11.6. The number of ether oxygens (including phenoxy) is 2. The second kappa shape index (κ2) is 9.10. The molecule has 0 saturated heterocycles. The number of rotatable bonds is 9. The van der Waals surface area contributed by atoms with Crippen molar-refractivity contribution in [3.63, 3.8) is 0 Å². The summed E-state index contributed by atoms with van der Waals surface area (Å²) < 4.78 is 12.8. The summed E-state index contributed by atoms with van der Waals surface area (Å²) in [5, 5.41) is 7.93. The lowest BCUT2D eigenvalue weighted by Gasteiger charge is -2.13. The maximum absolute atomic E-state index is 11.7. The van der Waals surface area contributed by atoms with E-state index in [9.17, 15) is 4.79 Å². The van der Waals surface area contributed by atoms with Gasteiger partial charge in [0.2, 0.25) is 0 Å². The molecule has 0 N–H and O–H groups in total. The second-order valence-electron chi connectivity index (χ2n) is 5.54. The lowest BCUT2D eigenvalue weighted by atomic mass is 9.97. The molecule has 2 radical (unpaired) electrons. The van der Waals surface area contributed by atoms with Crippen molar-refractivity contribution in [2.24, 2.45) is 7.05 Å². The van der Waals surface area contributed by atoms with Gasteiger partial charge < -0.3 is 9.47 Å². The Morgan fingerprint density at radius 3 is 2.83 bits per heavy atom. The van der Waals surface area contributed by atoms with Crippen LogP contribution in [0.15, 0.2) is 24.4 Å². The third kappa shape index (κ3) is 5.40. The molecule has 2 rings (SSSR count). The van der Waals surface area contributed by atoms with Crippen molar-refractivity contribution in [2.75, 3.05) is 6.61 Å². The highest BCUT2D eigenvalue weighted by molar-refractivity contribution is 6.08. The van der Waals surface area contributed by atoms with Gasteiger partial charge in [-0.2, -0.15) is 0 Å². The fraction of sp³-hybridized carbons (Fsp3) is 0.471. The van der Waals surface area contributed by atoms with Gasteiger partial charge in [-0.25, -0.2) is 0 Å². The number of aryl methyl sites for hydroxylation is 2. The first-order valence-electron chi connectivity index (χ1n) is 8.14. The molecule has 0 atom stereocenters. The standard InChI is InChI=1S/C17H22BN3O3/c1-3-5-17(22)24-15-8-7-13(11-18)10-16(15)23-9-4-6-14-12-21(2)20-19-14/h7-8,10,12H,3-6,9,11H2,1-2H3. The molecule has 0 unspecified atom stereocenters. The minimum atomic E-state index is -0.262. The Morgan fingerprint density at radius 1 is 1.33 bits per heavy atom. The minimum absolute atomic E-state index is 0.262. The fourth-order valence-corrected chi connectivity index (χ4v) is 2.20. The molecule has 0 amide bonds. The number of hydrogen-bond donors (Lipinski definition) is 0. The maximum atomic E-state index is 11.7. The molecule has 0 aliphatic carbocycles. The van der Waals surface area contributed by atoms with Crippen molar-refractivity contribution < 1.29 is 14.3 Å². The molecule has 0 spiro atoms. The van der Waals surface area contributed by atoms with Crippen LogP contribution in [0.25, 0.3) is 0 Å². The van der Waals surface area contributed by atoms with Crippen LogP contribution in [0.1, 0.15) is 37.4 Å². The summed E-state index contributed by atoms with van der Waals surface area (Å²) in [6.45, 7) is 2.42. The average Bonchev–Trinajstić information content (AvgIpc) is 2.98. The van der Waals surface area contributed by atoms with Gasteiger partial charge in [0.1, 0.15) is 0 Å². The molecule has 0 aliphatic heterocycles. The minimum Gasteiger partial charge on any atom is -0.490 e. The van der Waals surface area contributed by atoms with E-state index in [1.807, 2.05) is 32.3 Å². The number of benzene rings is 1. The topological polar surface area (TPSA) is 66.2 Å². The molecule has 2 aromatic rings. The number of carbonyl (C=O) groups excluding carboxylic acids is 1. The predicted molar refractivity (Wildman–Crippen MR) is 91.3 cm³/mol. The van der Waals surface area contributed by atoms with Crippen LogP contribution < -0.4 is 9.47 Å². The molecule has 1 heterocycles. The highest BCUT2D eigenvalue weighted by atomic mass is 16.6.